The van der Waals surface area contributed by atoms with Crippen LogP contribution >= 0.6 is 0 Å². The van der Waals surface area contributed by atoms with Gasteiger partial charge in [-0.15, -0.1) is 0 Å². The highest BCUT2D eigenvalue weighted by molar-refractivity contribution is 5.82. The molecule has 1 aromatic heterocycles. The molecule has 21 heavy (non-hydrogen) atoms. The fourth-order valence-electron chi connectivity index (χ4n) is 2.67. The fraction of sp³-hybridized carbons (Fsp3) is 0.438. The lowest BCUT2D eigenvalue weighted by molar-refractivity contribution is -0.132. The third-order valence-electron chi connectivity index (χ3n) is 3.89. The lowest BCUT2D eigenvalue weighted by Crippen LogP contribution is -2.36. The molecule has 1 saturated heterocycles. The molecule has 0 spiro atoms. The summed E-state index contributed by atoms with van der Waals surface area (Å²) in [5, 5.41) is 3.98. The quantitative estimate of drug-likeness (QED) is 0.903. The first-order valence-electron chi connectivity index (χ1n) is 7.31. The zero-order valence-corrected chi connectivity index (χ0v) is 12.0. The van der Waals surface area contributed by atoms with Crippen LogP contribution in [0.3, 0.4) is 0 Å². The number of fused-ring (bicyclic) bond motifs is 1. The van der Waals surface area contributed by atoms with E-state index in [0.717, 1.165) is 29.6 Å². The van der Waals surface area contributed by atoms with Gasteiger partial charge in [0.2, 0.25) is 5.91 Å². The van der Waals surface area contributed by atoms with Gasteiger partial charge in [-0.25, -0.2) is 0 Å². The van der Waals surface area contributed by atoms with Crippen LogP contribution in [0.4, 0.5) is 0 Å². The van der Waals surface area contributed by atoms with Crippen molar-refractivity contribution in [2.45, 2.75) is 38.0 Å². The Hall–Kier alpha value is -1.85. The maximum absolute atomic E-state index is 12.2. The Morgan fingerprint density at radius 3 is 2.95 bits per heavy atom. The normalized spacial score (nSPS) is 23.3. The Bertz CT molecular complexity index is 604. The number of para-hydroxylation sites is 1. The number of ether oxygens (including phenoxy) is 1. The molecule has 1 aliphatic rings. The van der Waals surface area contributed by atoms with Crippen LogP contribution in [0, 0.1) is 0 Å². The van der Waals surface area contributed by atoms with E-state index >= 15 is 0 Å². The molecule has 0 bridgehead atoms. The molecule has 0 radical (unpaired) electrons. The van der Waals surface area contributed by atoms with Gasteiger partial charge in [-0.1, -0.05) is 18.2 Å². The highest BCUT2D eigenvalue weighted by Crippen LogP contribution is 2.25. The molecule has 1 unspecified atom stereocenters. The van der Waals surface area contributed by atoms with Crippen LogP contribution < -0.4 is 11.1 Å². The van der Waals surface area contributed by atoms with E-state index in [0.29, 0.717) is 6.54 Å². The van der Waals surface area contributed by atoms with Gasteiger partial charge in [-0.05, 0) is 31.9 Å². The summed E-state index contributed by atoms with van der Waals surface area (Å²) >= 11 is 0. The van der Waals surface area contributed by atoms with Gasteiger partial charge in [0.15, 0.2) is 0 Å². The Morgan fingerprint density at radius 1 is 1.43 bits per heavy atom. The summed E-state index contributed by atoms with van der Waals surface area (Å²) in [6, 6.07) is 9.56. The lowest BCUT2D eigenvalue weighted by Gasteiger charge is -2.16. The molecule has 5 nitrogen and oxygen atoms in total. The number of benzene rings is 1. The van der Waals surface area contributed by atoms with E-state index in [-0.39, 0.29) is 18.1 Å². The van der Waals surface area contributed by atoms with E-state index in [2.05, 4.69) is 5.32 Å². The molecule has 3 N–H and O–H groups in total. The van der Waals surface area contributed by atoms with E-state index in [1.807, 2.05) is 37.3 Å². The number of amides is 1. The molecule has 1 aromatic carbocycles. The van der Waals surface area contributed by atoms with Crippen molar-refractivity contribution in [1.29, 1.82) is 0 Å². The first-order chi connectivity index (χ1) is 10.2. The number of hydrogen-bond acceptors (Lipinski definition) is 4. The van der Waals surface area contributed by atoms with Gasteiger partial charge in [0.05, 0.1) is 12.1 Å². The standard InChI is InChI=1S/C16H20N2O3/c1-10(15-8-11-4-2-3-5-13(11)21-15)18-16(19)14-7-6-12(9-17)20-14/h2-5,8,10,12,14H,6-7,9,17H2,1H3,(H,18,19)/t10?,12-,14+/m1/s1. The third kappa shape index (κ3) is 2.94. The Kier molecular flexibility index (Phi) is 3.94. The number of hydrogen-bond donors (Lipinski definition) is 2. The van der Waals surface area contributed by atoms with Gasteiger partial charge in [0.1, 0.15) is 17.4 Å². The van der Waals surface area contributed by atoms with Crippen LogP contribution in [-0.4, -0.2) is 24.7 Å². The van der Waals surface area contributed by atoms with E-state index in [1.165, 1.54) is 0 Å². The third-order valence-corrected chi connectivity index (χ3v) is 3.89. The number of furan rings is 1. The van der Waals surface area contributed by atoms with Crippen LogP contribution in [0.25, 0.3) is 11.0 Å². The van der Waals surface area contributed by atoms with Gasteiger partial charge >= 0.3 is 0 Å². The Balaban J connectivity index is 1.65. The molecular formula is C16H20N2O3. The van der Waals surface area contributed by atoms with Crippen LogP contribution in [-0.2, 0) is 9.53 Å². The van der Waals surface area contributed by atoms with Gasteiger partial charge in [-0.2, -0.15) is 0 Å². The fourth-order valence-corrected chi connectivity index (χ4v) is 2.67. The summed E-state index contributed by atoms with van der Waals surface area (Å²) in [5.41, 5.74) is 6.39. The van der Waals surface area contributed by atoms with Crippen molar-refractivity contribution in [3.63, 3.8) is 0 Å². The Labute approximate surface area is 123 Å². The summed E-state index contributed by atoms with van der Waals surface area (Å²) in [7, 11) is 0. The second-order valence-electron chi connectivity index (χ2n) is 5.48. The topological polar surface area (TPSA) is 77.5 Å². The molecule has 1 amide bonds. The van der Waals surface area contributed by atoms with Crippen molar-refractivity contribution >= 4 is 16.9 Å². The minimum atomic E-state index is -0.398. The molecular weight excluding hydrogens is 268 g/mol. The minimum absolute atomic E-state index is 0.00209. The van der Waals surface area contributed by atoms with E-state index in [9.17, 15) is 4.79 Å². The molecule has 0 aliphatic carbocycles. The van der Waals surface area contributed by atoms with E-state index in [4.69, 9.17) is 14.9 Å². The van der Waals surface area contributed by atoms with Gasteiger partial charge in [0.25, 0.3) is 0 Å². The molecule has 2 aromatic rings. The monoisotopic (exact) mass is 288 g/mol. The molecule has 3 atom stereocenters. The van der Waals surface area contributed by atoms with Crippen molar-refractivity contribution in [1.82, 2.24) is 5.32 Å². The second kappa shape index (κ2) is 5.87. The maximum atomic E-state index is 12.2. The lowest BCUT2D eigenvalue weighted by atomic mass is 10.1. The van der Waals surface area contributed by atoms with Crippen molar-refractivity contribution < 1.29 is 13.9 Å². The van der Waals surface area contributed by atoms with Gasteiger partial charge in [-0.3, -0.25) is 4.79 Å². The SMILES string of the molecule is CC(NC(=O)[C@@H]1CC[C@H](CN)O1)c1cc2ccccc2o1. The number of nitrogens with two attached hydrogens (primary N) is 1. The number of carbonyl (C=O) groups is 1. The molecule has 3 rings (SSSR count). The molecule has 1 aliphatic heterocycles. The van der Waals surface area contributed by atoms with Crippen LogP contribution in [0.2, 0.25) is 0 Å². The summed E-state index contributed by atoms with van der Waals surface area (Å²) in [5.74, 6) is 0.650. The summed E-state index contributed by atoms with van der Waals surface area (Å²) < 4.78 is 11.4. The molecule has 112 valence electrons. The zero-order chi connectivity index (χ0) is 14.8. The maximum Gasteiger partial charge on any atom is 0.249 e. The number of carbonyl (C=O) groups excluding carboxylic acids is 1. The number of nitrogens with one attached hydrogen (secondary N) is 1. The van der Waals surface area contributed by atoms with Crippen molar-refractivity contribution in [2.24, 2.45) is 5.73 Å². The highest BCUT2D eigenvalue weighted by Gasteiger charge is 2.30. The Morgan fingerprint density at radius 2 is 2.24 bits per heavy atom. The summed E-state index contributed by atoms with van der Waals surface area (Å²) in [6.45, 7) is 2.37. The molecule has 1 fully saturated rings. The second-order valence-corrected chi connectivity index (χ2v) is 5.48. The summed E-state index contributed by atoms with van der Waals surface area (Å²) in [4.78, 5) is 12.2. The van der Waals surface area contributed by atoms with Crippen molar-refractivity contribution in [3.05, 3.63) is 36.1 Å². The zero-order valence-electron chi connectivity index (χ0n) is 12.0. The van der Waals surface area contributed by atoms with Crippen molar-refractivity contribution in [2.75, 3.05) is 6.54 Å². The number of rotatable bonds is 4. The van der Waals surface area contributed by atoms with Crippen LogP contribution in [0.1, 0.15) is 31.6 Å². The molecule has 2 heterocycles. The van der Waals surface area contributed by atoms with Crippen molar-refractivity contribution in [3.8, 4) is 0 Å². The highest BCUT2D eigenvalue weighted by atomic mass is 16.5. The minimum Gasteiger partial charge on any atom is -0.459 e. The predicted octanol–water partition coefficient (Wildman–Crippen LogP) is 2.12. The van der Waals surface area contributed by atoms with Crippen LogP contribution in [0.5, 0.6) is 0 Å². The summed E-state index contributed by atoms with van der Waals surface area (Å²) in [6.07, 6.45) is 1.17. The first-order valence-corrected chi connectivity index (χ1v) is 7.31. The smallest absolute Gasteiger partial charge is 0.249 e. The van der Waals surface area contributed by atoms with Gasteiger partial charge < -0.3 is 20.2 Å². The van der Waals surface area contributed by atoms with Crippen LogP contribution in [0.15, 0.2) is 34.7 Å². The molecule has 5 heteroatoms. The largest absolute Gasteiger partial charge is 0.459 e. The van der Waals surface area contributed by atoms with E-state index < -0.39 is 6.10 Å². The average molecular weight is 288 g/mol. The van der Waals surface area contributed by atoms with Gasteiger partial charge in [0, 0.05) is 11.9 Å². The first kappa shape index (κ1) is 14.1. The average Bonchev–Trinajstić information content (AvgIpc) is 3.13. The molecule has 0 saturated carbocycles. The van der Waals surface area contributed by atoms with E-state index in [1.54, 1.807) is 0 Å². The predicted molar refractivity (Wildman–Crippen MR) is 79.7 cm³/mol.